The average Bonchev–Trinajstić information content (AvgIpc) is 3.14. The molecule has 0 aliphatic carbocycles. The third-order valence-electron chi connectivity index (χ3n) is 4.00. The van der Waals surface area contributed by atoms with E-state index in [1.165, 1.54) is 11.8 Å². The summed E-state index contributed by atoms with van der Waals surface area (Å²) in [7, 11) is 0. The maximum Gasteiger partial charge on any atom is 0.263 e. The predicted octanol–water partition coefficient (Wildman–Crippen LogP) is 2.27. The van der Waals surface area contributed by atoms with E-state index >= 15 is 0 Å². The normalized spacial score (nSPS) is 12.3. The van der Waals surface area contributed by atoms with Crippen molar-refractivity contribution in [3.63, 3.8) is 0 Å². The molecule has 0 saturated heterocycles. The second-order valence-corrected chi connectivity index (χ2v) is 6.67. The van der Waals surface area contributed by atoms with Gasteiger partial charge in [0.2, 0.25) is 12.7 Å². The van der Waals surface area contributed by atoms with Gasteiger partial charge in [-0.25, -0.2) is 9.97 Å². The number of fused-ring (bicyclic) bond motifs is 2. The standard InChI is InChI=1S/C18H16N4O4S/c1-2-22-17(24)12-4-3-7-19-16(12)21-18(22)27-9-15(23)20-11-5-6-13-14(8-11)26-10-25-13/h3-8H,2,9-10H2,1H3,(H,20,23). The Hall–Kier alpha value is -3.07. The van der Waals surface area contributed by atoms with E-state index < -0.39 is 0 Å². The van der Waals surface area contributed by atoms with Crippen molar-refractivity contribution in [1.82, 2.24) is 14.5 Å². The molecule has 27 heavy (non-hydrogen) atoms. The Balaban J connectivity index is 1.49. The lowest BCUT2D eigenvalue weighted by molar-refractivity contribution is -0.113. The Labute approximate surface area is 158 Å². The van der Waals surface area contributed by atoms with Crippen LogP contribution in [0.1, 0.15) is 6.92 Å². The number of nitrogens with one attached hydrogen (secondary N) is 1. The van der Waals surface area contributed by atoms with Crippen LogP contribution in [0.4, 0.5) is 5.69 Å². The van der Waals surface area contributed by atoms with Crippen LogP contribution in [0.15, 0.2) is 46.5 Å². The van der Waals surface area contributed by atoms with Gasteiger partial charge in [0, 0.05) is 24.5 Å². The van der Waals surface area contributed by atoms with Crippen LogP contribution < -0.4 is 20.3 Å². The van der Waals surface area contributed by atoms with E-state index in [2.05, 4.69) is 15.3 Å². The summed E-state index contributed by atoms with van der Waals surface area (Å²) in [5.74, 6) is 1.15. The molecular formula is C18H16N4O4S. The molecule has 1 amide bonds. The van der Waals surface area contributed by atoms with Crippen LogP contribution in [0.5, 0.6) is 11.5 Å². The second-order valence-electron chi connectivity index (χ2n) is 5.72. The first-order valence-corrected chi connectivity index (χ1v) is 9.32. The van der Waals surface area contributed by atoms with Crippen LogP contribution in [0, 0.1) is 0 Å². The lowest BCUT2D eigenvalue weighted by Crippen LogP contribution is -2.23. The van der Waals surface area contributed by atoms with E-state index in [1.54, 1.807) is 41.1 Å². The number of anilines is 1. The molecule has 0 fully saturated rings. The molecule has 8 nitrogen and oxygen atoms in total. The number of rotatable bonds is 5. The fourth-order valence-electron chi connectivity index (χ4n) is 2.73. The minimum Gasteiger partial charge on any atom is -0.454 e. The molecule has 3 heterocycles. The lowest BCUT2D eigenvalue weighted by atomic mass is 10.3. The molecule has 0 unspecified atom stereocenters. The number of ether oxygens (including phenoxy) is 2. The number of hydrogen-bond donors (Lipinski definition) is 1. The quantitative estimate of drug-likeness (QED) is 0.532. The molecule has 9 heteroatoms. The van der Waals surface area contributed by atoms with Crippen molar-refractivity contribution in [3.8, 4) is 11.5 Å². The first-order valence-electron chi connectivity index (χ1n) is 8.33. The number of hydrogen-bond acceptors (Lipinski definition) is 7. The highest BCUT2D eigenvalue weighted by molar-refractivity contribution is 7.99. The van der Waals surface area contributed by atoms with Crippen molar-refractivity contribution in [1.29, 1.82) is 0 Å². The summed E-state index contributed by atoms with van der Waals surface area (Å²) in [6.07, 6.45) is 1.59. The van der Waals surface area contributed by atoms with Gasteiger partial charge in [0.25, 0.3) is 5.56 Å². The summed E-state index contributed by atoms with van der Waals surface area (Å²) in [4.78, 5) is 33.4. The van der Waals surface area contributed by atoms with Gasteiger partial charge < -0.3 is 14.8 Å². The van der Waals surface area contributed by atoms with Crippen molar-refractivity contribution < 1.29 is 14.3 Å². The molecule has 1 N–H and O–H groups in total. The fourth-order valence-corrected chi connectivity index (χ4v) is 3.58. The molecule has 1 aromatic carbocycles. The number of benzene rings is 1. The van der Waals surface area contributed by atoms with E-state index in [9.17, 15) is 9.59 Å². The minimum absolute atomic E-state index is 0.110. The minimum atomic E-state index is -0.211. The van der Waals surface area contributed by atoms with Crippen LogP contribution in [-0.2, 0) is 11.3 Å². The summed E-state index contributed by atoms with van der Waals surface area (Å²) >= 11 is 1.20. The monoisotopic (exact) mass is 384 g/mol. The molecule has 2 aromatic heterocycles. The van der Waals surface area contributed by atoms with Crippen LogP contribution in [0.25, 0.3) is 11.0 Å². The Morgan fingerprint density at radius 3 is 3.00 bits per heavy atom. The molecule has 0 spiro atoms. The molecule has 3 aromatic rings. The van der Waals surface area contributed by atoms with Crippen molar-refractivity contribution in [2.24, 2.45) is 0 Å². The first-order chi connectivity index (χ1) is 13.2. The van der Waals surface area contributed by atoms with Crippen molar-refractivity contribution in [2.75, 3.05) is 17.9 Å². The van der Waals surface area contributed by atoms with Gasteiger partial charge in [0.15, 0.2) is 22.3 Å². The molecular weight excluding hydrogens is 368 g/mol. The zero-order chi connectivity index (χ0) is 18.8. The molecule has 0 radical (unpaired) electrons. The smallest absolute Gasteiger partial charge is 0.263 e. The number of carbonyl (C=O) groups is 1. The van der Waals surface area contributed by atoms with Gasteiger partial charge in [0.05, 0.1) is 11.1 Å². The highest BCUT2D eigenvalue weighted by Crippen LogP contribution is 2.34. The van der Waals surface area contributed by atoms with Gasteiger partial charge in [-0.15, -0.1) is 0 Å². The van der Waals surface area contributed by atoms with E-state index in [1.807, 2.05) is 6.92 Å². The summed E-state index contributed by atoms with van der Waals surface area (Å²) in [6, 6.07) is 8.61. The van der Waals surface area contributed by atoms with Crippen molar-refractivity contribution in [3.05, 3.63) is 46.9 Å². The Morgan fingerprint density at radius 2 is 2.15 bits per heavy atom. The highest BCUT2D eigenvalue weighted by atomic mass is 32.2. The zero-order valence-corrected chi connectivity index (χ0v) is 15.3. The molecule has 4 rings (SSSR count). The Kier molecular flexibility index (Phi) is 4.68. The zero-order valence-electron chi connectivity index (χ0n) is 14.5. The van der Waals surface area contributed by atoms with Gasteiger partial charge in [-0.2, -0.15) is 0 Å². The van der Waals surface area contributed by atoms with E-state index in [0.717, 1.165) is 0 Å². The van der Waals surface area contributed by atoms with Gasteiger partial charge in [-0.1, -0.05) is 11.8 Å². The maximum absolute atomic E-state index is 12.6. The lowest BCUT2D eigenvalue weighted by Gasteiger charge is -2.11. The topological polar surface area (TPSA) is 95.3 Å². The number of nitrogens with zero attached hydrogens (tertiary/aromatic N) is 3. The molecule has 1 aliphatic rings. The summed E-state index contributed by atoms with van der Waals surface area (Å²) in [6.45, 7) is 2.50. The number of aromatic nitrogens is 3. The fraction of sp³-hybridized carbons (Fsp3) is 0.222. The van der Waals surface area contributed by atoms with Crippen molar-refractivity contribution in [2.45, 2.75) is 18.6 Å². The predicted molar refractivity (Wildman–Crippen MR) is 101 cm³/mol. The van der Waals surface area contributed by atoms with Crippen LogP contribution in [0.2, 0.25) is 0 Å². The third-order valence-corrected chi connectivity index (χ3v) is 4.98. The summed E-state index contributed by atoms with van der Waals surface area (Å²) in [5, 5.41) is 3.74. The van der Waals surface area contributed by atoms with Crippen molar-refractivity contribution >= 4 is 34.4 Å². The van der Waals surface area contributed by atoms with Gasteiger partial charge in [-0.3, -0.25) is 14.2 Å². The largest absolute Gasteiger partial charge is 0.454 e. The molecule has 0 atom stereocenters. The molecule has 138 valence electrons. The summed E-state index contributed by atoms with van der Waals surface area (Å²) in [5.41, 5.74) is 0.839. The van der Waals surface area contributed by atoms with E-state index in [0.29, 0.717) is 39.9 Å². The summed E-state index contributed by atoms with van der Waals surface area (Å²) < 4.78 is 12.1. The van der Waals surface area contributed by atoms with Gasteiger partial charge >= 0.3 is 0 Å². The highest BCUT2D eigenvalue weighted by Gasteiger charge is 2.15. The van der Waals surface area contributed by atoms with Gasteiger partial charge in [0.1, 0.15) is 0 Å². The molecule has 0 saturated carbocycles. The number of amides is 1. The second kappa shape index (κ2) is 7.28. The van der Waals surface area contributed by atoms with Crippen LogP contribution in [-0.4, -0.2) is 33.0 Å². The number of pyridine rings is 1. The number of thioether (sulfide) groups is 1. The average molecular weight is 384 g/mol. The van der Waals surface area contributed by atoms with E-state index in [-0.39, 0.29) is 24.0 Å². The van der Waals surface area contributed by atoms with Crippen LogP contribution >= 0.6 is 11.8 Å². The molecule has 1 aliphatic heterocycles. The molecule has 0 bridgehead atoms. The maximum atomic E-state index is 12.6. The number of carbonyl (C=O) groups excluding carboxylic acids is 1. The first kappa shape index (κ1) is 17.3. The van der Waals surface area contributed by atoms with Gasteiger partial charge in [-0.05, 0) is 31.2 Å². The van der Waals surface area contributed by atoms with E-state index in [4.69, 9.17) is 9.47 Å². The SMILES string of the molecule is CCn1c(SCC(=O)Nc2ccc3c(c2)OCO3)nc2ncccc2c1=O. The third kappa shape index (κ3) is 3.45. The Bertz CT molecular complexity index is 1080. The van der Waals surface area contributed by atoms with Crippen LogP contribution in [0.3, 0.4) is 0 Å². The Morgan fingerprint density at radius 1 is 1.30 bits per heavy atom.